The van der Waals surface area contributed by atoms with E-state index >= 15 is 0 Å². The van der Waals surface area contributed by atoms with E-state index in [9.17, 15) is 0 Å². The third-order valence-corrected chi connectivity index (χ3v) is 1.90. The first-order chi connectivity index (χ1) is 6.86. The molecule has 0 aliphatic heterocycles. The van der Waals surface area contributed by atoms with Gasteiger partial charge in [0.1, 0.15) is 5.82 Å². The highest BCUT2D eigenvalue weighted by Crippen LogP contribution is 2.11. The Morgan fingerprint density at radius 2 is 1.86 bits per heavy atom. The van der Waals surface area contributed by atoms with E-state index in [0.717, 1.165) is 37.4 Å². The molecule has 0 saturated carbocycles. The highest BCUT2D eigenvalue weighted by molar-refractivity contribution is 5.51. The molecule has 1 rings (SSSR count). The first-order valence-electron chi connectivity index (χ1n) is 5.30. The van der Waals surface area contributed by atoms with Crippen LogP contribution in [0.3, 0.4) is 0 Å². The number of rotatable bonds is 6. The van der Waals surface area contributed by atoms with Gasteiger partial charge in [-0.05, 0) is 18.9 Å². The zero-order chi connectivity index (χ0) is 10.2. The fraction of sp³-hybridized carbons (Fsp3) is 0.545. The molecule has 78 valence electrons. The van der Waals surface area contributed by atoms with Gasteiger partial charge in [-0.1, -0.05) is 13.8 Å². The second kappa shape index (κ2) is 6.24. The molecule has 0 aliphatic carbocycles. The van der Waals surface area contributed by atoms with E-state index in [1.54, 1.807) is 0 Å². The smallest absolute Gasteiger partial charge is 0.127 e. The van der Waals surface area contributed by atoms with Crippen molar-refractivity contribution in [2.45, 2.75) is 26.7 Å². The van der Waals surface area contributed by atoms with Crippen molar-refractivity contribution in [2.75, 3.05) is 23.7 Å². The average Bonchev–Trinajstić information content (AvgIpc) is 2.24. The minimum Gasteiger partial charge on any atom is -0.385 e. The zero-order valence-corrected chi connectivity index (χ0v) is 9.01. The SMILES string of the molecule is CCCNc1ccnc(NCCC)c1. The standard InChI is InChI=1S/C11H19N3/c1-3-6-12-10-5-8-14-11(9-10)13-7-4-2/h5,8-9H,3-4,6-7H2,1-2H3,(H2,12,13,14). The van der Waals surface area contributed by atoms with E-state index in [0.29, 0.717) is 0 Å². The van der Waals surface area contributed by atoms with E-state index in [1.165, 1.54) is 0 Å². The van der Waals surface area contributed by atoms with Gasteiger partial charge in [0.05, 0.1) is 0 Å². The molecular weight excluding hydrogens is 174 g/mol. The summed E-state index contributed by atoms with van der Waals surface area (Å²) in [5, 5.41) is 6.59. The van der Waals surface area contributed by atoms with E-state index in [1.807, 2.05) is 18.3 Å². The molecule has 1 aromatic rings. The molecule has 3 heteroatoms. The Balaban J connectivity index is 2.50. The molecule has 0 saturated heterocycles. The third kappa shape index (κ3) is 3.64. The molecule has 0 aliphatic rings. The third-order valence-electron chi connectivity index (χ3n) is 1.90. The number of pyridine rings is 1. The van der Waals surface area contributed by atoms with Crippen LogP contribution in [0.25, 0.3) is 0 Å². The van der Waals surface area contributed by atoms with Crippen LogP contribution in [0.1, 0.15) is 26.7 Å². The van der Waals surface area contributed by atoms with Crippen LogP contribution in [0.4, 0.5) is 11.5 Å². The van der Waals surface area contributed by atoms with Gasteiger partial charge in [0.25, 0.3) is 0 Å². The topological polar surface area (TPSA) is 37.0 Å². The number of nitrogens with zero attached hydrogens (tertiary/aromatic N) is 1. The Hall–Kier alpha value is -1.25. The minimum atomic E-state index is 0.952. The van der Waals surface area contributed by atoms with E-state index in [2.05, 4.69) is 29.5 Å². The Morgan fingerprint density at radius 3 is 2.57 bits per heavy atom. The van der Waals surface area contributed by atoms with Crippen molar-refractivity contribution in [2.24, 2.45) is 0 Å². The monoisotopic (exact) mass is 193 g/mol. The first kappa shape index (κ1) is 10.8. The lowest BCUT2D eigenvalue weighted by Crippen LogP contribution is -2.04. The van der Waals surface area contributed by atoms with Crippen molar-refractivity contribution < 1.29 is 0 Å². The number of anilines is 2. The minimum absolute atomic E-state index is 0.952. The largest absolute Gasteiger partial charge is 0.385 e. The van der Waals surface area contributed by atoms with Crippen LogP contribution in [0.15, 0.2) is 18.3 Å². The summed E-state index contributed by atoms with van der Waals surface area (Å²) in [5.41, 5.74) is 1.14. The van der Waals surface area contributed by atoms with Crippen molar-refractivity contribution in [3.8, 4) is 0 Å². The van der Waals surface area contributed by atoms with Gasteiger partial charge in [-0.2, -0.15) is 0 Å². The molecule has 0 aromatic carbocycles. The van der Waals surface area contributed by atoms with Crippen LogP contribution in [0.5, 0.6) is 0 Å². The van der Waals surface area contributed by atoms with Crippen molar-refractivity contribution in [1.29, 1.82) is 0 Å². The van der Waals surface area contributed by atoms with Gasteiger partial charge in [-0.15, -0.1) is 0 Å². The van der Waals surface area contributed by atoms with Crippen LogP contribution in [0, 0.1) is 0 Å². The molecule has 14 heavy (non-hydrogen) atoms. The maximum atomic E-state index is 4.23. The lowest BCUT2D eigenvalue weighted by Gasteiger charge is -2.07. The van der Waals surface area contributed by atoms with Gasteiger partial charge in [0.2, 0.25) is 0 Å². The van der Waals surface area contributed by atoms with Crippen molar-refractivity contribution in [3.63, 3.8) is 0 Å². The molecular formula is C11H19N3. The highest BCUT2D eigenvalue weighted by Gasteiger charge is 1.94. The van der Waals surface area contributed by atoms with Crippen molar-refractivity contribution in [1.82, 2.24) is 4.98 Å². The van der Waals surface area contributed by atoms with E-state index in [-0.39, 0.29) is 0 Å². The summed E-state index contributed by atoms with van der Waals surface area (Å²) < 4.78 is 0. The summed E-state index contributed by atoms with van der Waals surface area (Å²) in [6.07, 6.45) is 4.09. The van der Waals surface area contributed by atoms with Gasteiger partial charge >= 0.3 is 0 Å². The van der Waals surface area contributed by atoms with Crippen LogP contribution < -0.4 is 10.6 Å². The molecule has 0 atom stereocenters. The van der Waals surface area contributed by atoms with Crippen LogP contribution in [0.2, 0.25) is 0 Å². The summed E-state index contributed by atoms with van der Waals surface area (Å²) in [4.78, 5) is 4.23. The molecule has 0 radical (unpaired) electrons. The first-order valence-corrected chi connectivity index (χ1v) is 5.30. The molecule has 3 nitrogen and oxygen atoms in total. The van der Waals surface area contributed by atoms with E-state index in [4.69, 9.17) is 0 Å². The molecule has 0 spiro atoms. The van der Waals surface area contributed by atoms with E-state index < -0.39 is 0 Å². The fourth-order valence-electron chi connectivity index (χ4n) is 1.16. The molecule has 0 fully saturated rings. The number of nitrogens with one attached hydrogen (secondary N) is 2. The highest BCUT2D eigenvalue weighted by atomic mass is 15.0. The average molecular weight is 193 g/mol. The molecule has 0 unspecified atom stereocenters. The van der Waals surface area contributed by atoms with Gasteiger partial charge < -0.3 is 10.6 Å². The molecule has 0 amide bonds. The summed E-state index contributed by atoms with van der Waals surface area (Å²) in [6, 6.07) is 4.04. The second-order valence-corrected chi connectivity index (χ2v) is 3.28. The predicted molar refractivity (Wildman–Crippen MR) is 61.8 cm³/mol. The molecule has 0 bridgehead atoms. The molecule has 1 aromatic heterocycles. The zero-order valence-electron chi connectivity index (χ0n) is 9.01. The summed E-state index contributed by atoms with van der Waals surface area (Å²) in [5.74, 6) is 0.952. The van der Waals surface area contributed by atoms with Crippen molar-refractivity contribution in [3.05, 3.63) is 18.3 Å². The Kier molecular flexibility index (Phi) is 4.83. The summed E-state index contributed by atoms with van der Waals surface area (Å²) >= 11 is 0. The predicted octanol–water partition coefficient (Wildman–Crippen LogP) is 2.73. The van der Waals surface area contributed by atoms with Crippen LogP contribution in [-0.4, -0.2) is 18.1 Å². The van der Waals surface area contributed by atoms with Gasteiger partial charge in [-0.3, -0.25) is 0 Å². The summed E-state index contributed by atoms with van der Waals surface area (Å²) in [6.45, 7) is 6.29. The number of aromatic nitrogens is 1. The van der Waals surface area contributed by atoms with Gasteiger partial charge in [0.15, 0.2) is 0 Å². The maximum Gasteiger partial charge on any atom is 0.127 e. The number of hydrogen-bond donors (Lipinski definition) is 2. The van der Waals surface area contributed by atoms with Gasteiger partial charge in [-0.25, -0.2) is 4.98 Å². The Labute approximate surface area is 85.9 Å². The Bertz CT molecular complexity index is 237. The van der Waals surface area contributed by atoms with Crippen LogP contribution >= 0.6 is 0 Å². The van der Waals surface area contributed by atoms with Crippen molar-refractivity contribution >= 4 is 11.5 Å². The fourth-order valence-corrected chi connectivity index (χ4v) is 1.16. The Morgan fingerprint density at radius 1 is 1.14 bits per heavy atom. The lowest BCUT2D eigenvalue weighted by atomic mass is 10.3. The maximum absolute atomic E-state index is 4.23. The van der Waals surface area contributed by atoms with Gasteiger partial charge in [0, 0.05) is 31.0 Å². The number of hydrogen-bond acceptors (Lipinski definition) is 3. The summed E-state index contributed by atoms with van der Waals surface area (Å²) in [7, 11) is 0. The van der Waals surface area contributed by atoms with Crippen LogP contribution in [-0.2, 0) is 0 Å². The normalized spacial score (nSPS) is 9.86. The molecule has 2 N–H and O–H groups in total. The lowest BCUT2D eigenvalue weighted by molar-refractivity contribution is 0.964. The molecule has 1 heterocycles. The quantitative estimate of drug-likeness (QED) is 0.729. The second-order valence-electron chi connectivity index (χ2n) is 3.28.